The van der Waals surface area contributed by atoms with E-state index in [0.29, 0.717) is 17.3 Å². The molecule has 0 spiro atoms. The van der Waals surface area contributed by atoms with Crippen molar-refractivity contribution in [2.45, 2.75) is 6.54 Å². The lowest BCUT2D eigenvalue weighted by atomic mass is 10.2. The zero-order valence-corrected chi connectivity index (χ0v) is 12.4. The summed E-state index contributed by atoms with van der Waals surface area (Å²) in [5.74, 6) is -0.556. The van der Waals surface area contributed by atoms with Gasteiger partial charge in [0.05, 0.1) is 6.54 Å². The molecule has 2 aromatic carbocycles. The first-order valence-electron chi connectivity index (χ1n) is 6.51. The third-order valence-corrected chi connectivity index (χ3v) is 3.14. The third kappa shape index (κ3) is 5.17. The Kier molecular flexibility index (Phi) is 5.31. The molecule has 0 aromatic heterocycles. The Morgan fingerprint density at radius 2 is 1.95 bits per heavy atom. The minimum atomic E-state index is -0.373. The van der Waals surface area contributed by atoms with Gasteiger partial charge in [0.15, 0.2) is 0 Å². The quantitative estimate of drug-likeness (QED) is 0.916. The summed E-state index contributed by atoms with van der Waals surface area (Å²) in [5, 5.41) is 3.35. The van der Waals surface area contributed by atoms with Crippen LogP contribution in [0.5, 0.6) is 0 Å². The van der Waals surface area contributed by atoms with Crippen LogP contribution in [0.3, 0.4) is 0 Å². The summed E-state index contributed by atoms with van der Waals surface area (Å²) in [5.41, 5.74) is 1.53. The molecule has 2 aromatic rings. The highest BCUT2D eigenvalue weighted by Crippen LogP contribution is 2.11. The average Bonchev–Trinajstić information content (AvgIpc) is 2.41. The number of nitrogens with zero attached hydrogens (tertiary/aromatic N) is 1. The Balaban J connectivity index is 1.86. The molecule has 21 heavy (non-hydrogen) atoms. The Morgan fingerprint density at radius 3 is 2.62 bits per heavy atom. The molecular formula is C16H16ClFN2O. The molecule has 0 aliphatic carbocycles. The molecule has 5 heteroatoms. The maximum Gasteiger partial charge on any atom is 0.238 e. The number of carbonyl (C=O) groups is 1. The van der Waals surface area contributed by atoms with Crippen molar-refractivity contribution in [2.24, 2.45) is 0 Å². The lowest BCUT2D eigenvalue weighted by Crippen LogP contribution is -2.29. The number of hydrogen-bond donors (Lipinski definition) is 1. The SMILES string of the molecule is CN(CC(=O)Nc1cccc(F)c1)Cc1ccc(Cl)cc1. The number of amides is 1. The van der Waals surface area contributed by atoms with E-state index in [2.05, 4.69) is 5.32 Å². The highest BCUT2D eigenvalue weighted by Gasteiger charge is 2.08. The van der Waals surface area contributed by atoms with Gasteiger partial charge in [0.25, 0.3) is 0 Å². The summed E-state index contributed by atoms with van der Waals surface area (Å²) in [7, 11) is 1.85. The van der Waals surface area contributed by atoms with Crippen molar-refractivity contribution in [3.63, 3.8) is 0 Å². The standard InChI is InChI=1S/C16H16ClFN2O/c1-20(10-12-5-7-13(17)8-6-12)11-16(21)19-15-4-2-3-14(18)9-15/h2-9H,10-11H2,1H3,(H,19,21). The molecule has 0 radical (unpaired) electrons. The second-order valence-electron chi connectivity index (χ2n) is 4.86. The Morgan fingerprint density at radius 1 is 1.24 bits per heavy atom. The molecule has 0 saturated carbocycles. The van der Waals surface area contributed by atoms with Gasteiger partial charge in [-0.2, -0.15) is 0 Å². The highest BCUT2D eigenvalue weighted by atomic mass is 35.5. The first kappa shape index (κ1) is 15.5. The average molecular weight is 307 g/mol. The summed E-state index contributed by atoms with van der Waals surface area (Å²) in [6.45, 7) is 0.854. The van der Waals surface area contributed by atoms with Crippen molar-refractivity contribution in [3.8, 4) is 0 Å². The zero-order valence-electron chi connectivity index (χ0n) is 11.6. The smallest absolute Gasteiger partial charge is 0.238 e. The molecule has 0 bridgehead atoms. The van der Waals surface area contributed by atoms with Gasteiger partial charge in [-0.15, -0.1) is 0 Å². The second-order valence-corrected chi connectivity index (χ2v) is 5.29. The van der Waals surface area contributed by atoms with Crippen molar-refractivity contribution in [1.82, 2.24) is 4.90 Å². The van der Waals surface area contributed by atoms with Crippen LogP contribution in [0.1, 0.15) is 5.56 Å². The van der Waals surface area contributed by atoms with Crippen LogP contribution in [0, 0.1) is 5.82 Å². The molecule has 0 saturated heterocycles. The number of likely N-dealkylation sites (N-methyl/N-ethyl adjacent to an activating group) is 1. The van der Waals surface area contributed by atoms with Gasteiger partial charge in [-0.3, -0.25) is 9.69 Å². The van der Waals surface area contributed by atoms with Crippen LogP contribution in [0.25, 0.3) is 0 Å². The first-order chi connectivity index (χ1) is 10.0. The molecular weight excluding hydrogens is 291 g/mol. The topological polar surface area (TPSA) is 32.3 Å². The van der Waals surface area contributed by atoms with Crippen LogP contribution in [-0.2, 0) is 11.3 Å². The summed E-state index contributed by atoms with van der Waals surface area (Å²) in [6, 6.07) is 13.3. The fourth-order valence-electron chi connectivity index (χ4n) is 1.97. The predicted molar refractivity (Wildman–Crippen MR) is 82.8 cm³/mol. The van der Waals surface area contributed by atoms with Gasteiger partial charge >= 0.3 is 0 Å². The van der Waals surface area contributed by atoms with Crippen molar-refractivity contribution in [3.05, 3.63) is 64.9 Å². The molecule has 1 amide bonds. The van der Waals surface area contributed by atoms with Crippen LogP contribution in [0.4, 0.5) is 10.1 Å². The molecule has 0 heterocycles. The number of hydrogen-bond acceptors (Lipinski definition) is 2. The minimum absolute atomic E-state index is 0.183. The third-order valence-electron chi connectivity index (χ3n) is 2.89. The van der Waals surface area contributed by atoms with E-state index in [1.54, 1.807) is 12.1 Å². The molecule has 0 unspecified atom stereocenters. The van der Waals surface area contributed by atoms with Crippen LogP contribution < -0.4 is 5.32 Å². The van der Waals surface area contributed by atoms with Crippen molar-refractivity contribution >= 4 is 23.2 Å². The van der Waals surface area contributed by atoms with E-state index in [9.17, 15) is 9.18 Å². The summed E-state index contributed by atoms with van der Waals surface area (Å²) >= 11 is 5.83. The molecule has 0 fully saturated rings. The molecule has 0 atom stereocenters. The monoisotopic (exact) mass is 306 g/mol. The van der Waals surface area contributed by atoms with Gasteiger partial charge in [-0.1, -0.05) is 29.8 Å². The van der Waals surface area contributed by atoms with Crippen LogP contribution in [0.2, 0.25) is 5.02 Å². The molecule has 2 rings (SSSR count). The number of nitrogens with one attached hydrogen (secondary N) is 1. The lowest BCUT2D eigenvalue weighted by molar-refractivity contribution is -0.117. The first-order valence-corrected chi connectivity index (χ1v) is 6.89. The van der Waals surface area contributed by atoms with E-state index in [1.807, 2.05) is 36.2 Å². The van der Waals surface area contributed by atoms with E-state index >= 15 is 0 Å². The number of anilines is 1. The number of halogens is 2. The fraction of sp³-hybridized carbons (Fsp3) is 0.188. The van der Waals surface area contributed by atoms with Gasteiger partial charge in [-0.05, 0) is 42.9 Å². The van der Waals surface area contributed by atoms with Gasteiger partial charge < -0.3 is 5.32 Å². The minimum Gasteiger partial charge on any atom is -0.325 e. The van der Waals surface area contributed by atoms with E-state index < -0.39 is 0 Å². The maximum atomic E-state index is 13.0. The molecule has 3 nitrogen and oxygen atoms in total. The van der Waals surface area contributed by atoms with Crippen molar-refractivity contribution in [1.29, 1.82) is 0 Å². The van der Waals surface area contributed by atoms with E-state index in [1.165, 1.54) is 12.1 Å². The zero-order chi connectivity index (χ0) is 15.2. The van der Waals surface area contributed by atoms with Gasteiger partial charge in [0.2, 0.25) is 5.91 Å². The van der Waals surface area contributed by atoms with Gasteiger partial charge in [-0.25, -0.2) is 4.39 Å². The largest absolute Gasteiger partial charge is 0.325 e. The summed E-state index contributed by atoms with van der Waals surface area (Å²) in [6.07, 6.45) is 0. The predicted octanol–water partition coefficient (Wildman–Crippen LogP) is 3.55. The Hall–Kier alpha value is -1.91. The van der Waals surface area contributed by atoms with E-state index in [-0.39, 0.29) is 18.3 Å². The van der Waals surface area contributed by atoms with E-state index in [0.717, 1.165) is 5.56 Å². The fourth-order valence-corrected chi connectivity index (χ4v) is 2.10. The second kappa shape index (κ2) is 7.20. The van der Waals surface area contributed by atoms with Gasteiger partial charge in [0, 0.05) is 17.3 Å². The molecule has 1 N–H and O–H groups in total. The Labute approximate surface area is 128 Å². The van der Waals surface area contributed by atoms with Crippen LogP contribution in [0.15, 0.2) is 48.5 Å². The lowest BCUT2D eigenvalue weighted by Gasteiger charge is -2.16. The Bertz CT molecular complexity index is 616. The van der Waals surface area contributed by atoms with Crippen molar-refractivity contribution in [2.75, 3.05) is 18.9 Å². The van der Waals surface area contributed by atoms with Crippen molar-refractivity contribution < 1.29 is 9.18 Å². The molecule has 0 aliphatic rings. The van der Waals surface area contributed by atoms with Crippen LogP contribution >= 0.6 is 11.6 Å². The maximum absolute atomic E-state index is 13.0. The highest BCUT2D eigenvalue weighted by molar-refractivity contribution is 6.30. The van der Waals surface area contributed by atoms with E-state index in [4.69, 9.17) is 11.6 Å². The summed E-state index contributed by atoms with van der Waals surface area (Å²) in [4.78, 5) is 13.8. The van der Waals surface area contributed by atoms with Crippen LogP contribution in [-0.4, -0.2) is 24.4 Å². The van der Waals surface area contributed by atoms with Gasteiger partial charge in [0.1, 0.15) is 5.82 Å². The summed E-state index contributed by atoms with van der Waals surface area (Å²) < 4.78 is 13.0. The number of carbonyl (C=O) groups excluding carboxylic acids is 1. The molecule has 0 aliphatic heterocycles. The molecule has 110 valence electrons. The normalized spacial score (nSPS) is 10.7. The number of rotatable bonds is 5. The number of benzene rings is 2.